The first-order valence-electron chi connectivity index (χ1n) is 5.92. The Bertz CT molecular complexity index is 404. The Hall–Kier alpha value is -1.75. The van der Waals surface area contributed by atoms with Gasteiger partial charge in [-0.1, -0.05) is 6.07 Å². The number of rotatable bonds is 6. The second kappa shape index (κ2) is 6.86. The van der Waals surface area contributed by atoms with Gasteiger partial charge >= 0.3 is 5.97 Å². The summed E-state index contributed by atoms with van der Waals surface area (Å²) in [6, 6.07) is 5.01. The van der Waals surface area contributed by atoms with Gasteiger partial charge in [-0.2, -0.15) is 0 Å². The van der Waals surface area contributed by atoms with Crippen LogP contribution in [0.1, 0.15) is 30.6 Å². The number of hydrogen-bond donors (Lipinski definition) is 2. The summed E-state index contributed by atoms with van der Waals surface area (Å²) in [5.41, 5.74) is 6.32. The molecule has 0 aliphatic carbocycles. The van der Waals surface area contributed by atoms with E-state index in [9.17, 15) is 4.79 Å². The van der Waals surface area contributed by atoms with Gasteiger partial charge in [-0.15, -0.1) is 0 Å². The van der Waals surface area contributed by atoms with Gasteiger partial charge in [0.25, 0.3) is 0 Å². The Kier molecular flexibility index (Phi) is 5.45. The number of carbonyl (C=O) groups excluding carboxylic acids is 1. The van der Waals surface area contributed by atoms with Gasteiger partial charge in [-0.3, -0.25) is 0 Å². The monoisotopic (exact) mass is 253 g/mol. The Morgan fingerprint density at radius 3 is 2.83 bits per heavy atom. The molecule has 0 spiro atoms. The lowest BCUT2D eigenvalue weighted by Gasteiger charge is -2.12. The van der Waals surface area contributed by atoms with Gasteiger partial charge < -0.3 is 20.3 Å². The molecule has 0 aliphatic heterocycles. The molecule has 0 saturated carbocycles. The van der Waals surface area contributed by atoms with Crippen molar-refractivity contribution >= 4 is 11.7 Å². The zero-order chi connectivity index (χ0) is 13.5. The number of aliphatic hydroxyl groups is 1. The molecule has 0 radical (unpaired) electrons. The quantitative estimate of drug-likeness (QED) is 0.594. The summed E-state index contributed by atoms with van der Waals surface area (Å²) in [6.07, 6.45) is -0.111. The van der Waals surface area contributed by atoms with Gasteiger partial charge in [0.05, 0.1) is 19.3 Å². The maximum absolute atomic E-state index is 11.9. The molecule has 3 N–H and O–H groups in total. The molecule has 100 valence electrons. The SMILES string of the molecule is CCOc1cccc(N)c1C(=O)OCCC(C)O. The normalized spacial score (nSPS) is 11.9. The van der Waals surface area contributed by atoms with Crippen LogP contribution in [0, 0.1) is 0 Å². The number of nitrogens with two attached hydrogens (primary N) is 1. The standard InChI is InChI=1S/C13H19NO4/c1-3-17-11-6-4-5-10(14)12(11)13(16)18-8-7-9(2)15/h4-6,9,15H,3,7-8,14H2,1-2H3. The third-order valence-electron chi connectivity index (χ3n) is 2.33. The van der Waals surface area contributed by atoms with E-state index in [4.69, 9.17) is 20.3 Å². The molecule has 0 bridgehead atoms. The minimum absolute atomic E-state index is 0.149. The van der Waals surface area contributed by atoms with E-state index in [2.05, 4.69) is 0 Å². The number of carbonyl (C=O) groups is 1. The lowest BCUT2D eigenvalue weighted by atomic mass is 10.1. The van der Waals surface area contributed by atoms with E-state index >= 15 is 0 Å². The van der Waals surface area contributed by atoms with Crippen molar-refractivity contribution in [3.05, 3.63) is 23.8 Å². The predicted molar refractivity (Wildman–Crippen MR) is 68.6 cm³/mol. The fourth-order valence-electron chi connectivity index (χ4n) is 1.44. The highest BCUT2D eigenvalue weighted by molar-refractivity contribution is 5.98. The first-order valence-corrected chi connectivity index (χ1v) is 5.92. The van der Waals surface area contributed by atoms with Crippen molar-refractivity contribution < 1.29 is 19.4 Å². The minimum Gasteiger partial charge on any atom is -0.493 e. The molecule has 0 fully saturated rings. The maximum atomic E-state index is 11.9. The van der Waals surface area contributed by atoms with E-state index in [0.29, 0.717) is 24.5 Å². The summed E-state index contributed by atoms with van der Waals surface area (Å²) < 4.78 is 10.4. The van der Waals surface area contributed by atoms with Crippen LogP contribution in [-0.2, 0) is 4.74 Å². The minimum atomic E-state index is -0.530. The smallest absolute Gasteiger partial charge is 0.344 e. The molecule has 0 aromatic heterocycles. The van der Waals surface area contributed by atoms with Crippen molar-refractivity contribution in [2.75, 3.05) is 18.9 Å². The van der Waals surface area contributed by atoms with Crippen LogP contribution >= 0.6 is 0 Å². The number of nitrogen functional groups attached to an aromatic ring is 1. The topological polar surface area (TPSA) is 81.8 Å². The largest absolute Gasteiger partial charge is 0.493 e. The number of anilines is 1. The molecular formula is C13H19NO4. The number of benzene rings is 1. The molecule has 0 amide bonds. The molecular weight excluding hydrogens is 234 g/mol. The third-order valence-corrected chi connectivity index (χ3v) is 2.33. The van der Waals surface area contributed by atoms with E-state index in [1.165, 1.54) is 0 Å². The highest BCUT2D eigenvalue weighted by Crippen LogP contribution is 2.25. The highest BCUT2D eigenvalue weighted by atomic mass is 16.5. The molecule has 0 aliphatic rings. The molecule has 1 rings (SSSR count). The van der Waals surface area contributed by atoms with Gasteiger partial charge in [0.1, 0.15) is 11.3 Å². The fourth-order valence-corrected chi connectivity index (χ4v) is 1.44. The number of aliphatic hydroxyl groups excluding tert-OH is 1. The molecule has 5 heteroatoms. The van der Waals surface area contributed by atoms with E-state index in [1.807, 2.05) is 6.92 Å². The molecule has 0 heterocycles. The van der Waals surface area contributed by atoms with E-state index in [-0.39, 0.29) is 12.2 Å². The van der Waals surface area contributed by atoms with Crippen LogP contribution in [-0.4, -0.2) is 30.4 Å². The fraction of sp³-hybridized carbons (Fsp3) is 0.462. The van der Waals surface area contributed by atoms with E-state index in [0.717, 1.165) is 0 Å². The Balaban J connectivity index is 2.77. The Morgan fingerprint density at radius 2 is 2.22 bits per heavy atom. The number of hydrogen-bond acceptors (Lipinski definition) is 5. The lowest BCUT2D eigenvalue weighted by molar-refractivity contribution is 0.0441. The number of esters is 1. The highest BCUT2D eigenvalue weighted by Gasteiger charge is 2.17. The first kappa shape index (κ1) is 14.3. The molecule has 1 atom stereocenters. The zero-order valence-corrected chi connectivity index (χ0v) is 10.7. The molecule has 18 heavy (non-hydrogen) atoms. The Labute approximate surface area is 107 Å². The van der Waals surface area contributed by atoms with Crippen LogP contribution in [0.15, 0.2) is 18.2 Å². The number of ether oxygens (including phenoxy) is 2. The van der Waals surface area contributed by atoms with Crippen molar-refractivity contribution in [3.63, 3.8) is 0 Å². The van der Waals surface area contributed by atoms with Crippen molar-refractivity contribution in [2.45, 2.75) is 26.4 Å². The average molecular weight is 253 g/mol. The van der Waals surface area contributed by atoms with Crippen LogP contribution in [0.5, 0.6) is 5.75 Å². The van der Waals surface area contributed by atoms with Crippen LogP contribution < -0.4 is 10.5 Å². The van der Waals surface area contributed by atoms with Crippen LogP contribution in [0.2, 0.25) is 0 Å². The molecule has 5 nitrogen and oxygen atoms in total. The van der Waals surface area contributed by atoms with Crippen molar-refractivity contribution in [3.8, 4) is 5.75 Å². The lowest BCUT2D eigenvalue weighted by Crippen LogP contribution is -2.14. The third kappa shape index (κ3) is 3.92. The Morgan fingerprint density at radius 1 is 1.50 bits per heavy atom. The summed E-state index contributed by atoms with van der Waals surface area (Å²) in [4.78, 5) is 11.9. The van der Waals surface area contributed by atoms with Gasteiger partial charge in [-0.05, 0) is 26.0 Å². The summed E-state index contributed by atoms with van der Waals surface area (Å²) in [5, 5.41) is 9.09. The molecule has 1 aromatic carbocycles. The van der Waals surface area contributed by atoms with Gasteiger partial charge in [0, 0.05) is 12.1 Å². The van der Waals surface area contributed by atoms with Gasteiger partial charge in [0.2, 0.25) is 0 Å². The van der Waals surface area contributed by atoms with Crippen molar-refractivity contribution in [1.29, 1.82) is 0 Å². The van der Waals surface area contributed by atoms with Crippen LogP contribution in [0.3, 0.4) is 0 Å². The molecule has 1 unspecified atom stereocenters. The average Bonchev–Trinajstić information content (AvgIpc) is 2.28. The summed E-state index contributed by atoms with van der Waals surface area (Å²) >= 11 is 0. The second-order valence-corrected chi connectivity index (χ2v) is 3.93. The van der Waals surface area contributed by atoms with Crippen LogP contribution in [0.25, 0.3) is 0 Å². The maximum Gasteiger partial charge on any atom is 0.344 e. The van der Waals surface area contributed by atoms with Crippen molar-refractivity contribution in [1.82, 2.24) is 0 Å². The van der Waals surface area contributed by atoms with Gasteiger partial charge in [0.15, 0.2) is 0 Å². The molecule has 0 saturated heterocycles. The van der Waals surface area contributed by atoms with E-state index in [1.54, 1.807) is 25.1 Å². The summed E-state index contributed by atoms with van der Waals surface area (Å²) in [7, 11) is 0. The zero-order valence-electron chi connectivity index (χ0n) is 10.7. The second-order valence-electron chi connectivity index (χ2n) is 3.93. The summed E-state index contributed by atoms with van der Waals surface area (Å²) in [5.74, 6) is -0.114. The van der Waals surface area contributed by atoms with Gasteiger partial charge in [-0.25, -0.2) is 4.79 Å². The van der Waals surface area contributed by atoms with E-state index < -0.39 is 12.1 Å². The first-order chi connectivity index (χ1) is 8.56. The molecule has 1 aromatic rings. The predicted octanol–water partition coefficient (Wildman–Crippen LogP) is 1.60. The summed E-state index contributed by atoms with van der Waals surface area (Å²) in [6.45, 7) is 4.05. The van der Waals surface area contributed by atoms with Crippen LogP contribution in [0.4, 0.5) is 5.69 Å². The van der Waals surface area contributed by atoms with Crippen molar-refractivity contribution in [2.24, 2.45) is 0 Å².